The largest absolute Gasteiger partial charge is 0.497 e. The third kappa shape index (κ3) is 5.93. The second kappa shape index (κ2) is 8.76. The first-order valence-corrected chi connectivity index (χ1v) is 7.07. The van der Waals surface area contributed by atoms with E-state index in [1.807, 2.05) is 31.2 Å². The Morgan fingerprint density at radius 3 is 2.42 bits per heavy atom. The summed E-state index contributed by atoms with van der Waals surface area (Å²) in [6.07, 6.45) is 4.95. The Bertz CT molecular complexity index is 367. The molecule has 0 aliphatic heterocycles. The highest BCUT2D eigenvalue weighted by Crippen LogP contribution is 2.17. The Morgan fingerprint density at radius 2 is 1.89 bits per heavy atom. The van der Waals surface area contributed by atoms with E-state index in [0.717, 1.165) is 17.7 Å². The Labute approximate surface area is 117 Å². The summed E-state index contributed by atoms with van der Waals surface area (Å²) < 4.78 is 11.1. The molecule has 1 unspecified atom stereocenters. The lowest BCUT2D eigenvalue weighted by atomic mass is 10.1. The number of benzene rings is 1. The lowest BCUT2D eigenvalue weighted by Crippen LogP contribution is -2.13. The monoisotopic (exact) mass is 262 g/mol. The van der Waals surface area contributed by atoms with Crippen molar-refractivity contribution in [2.24, 2.45) is 0 Å². The molecule has 1 atom stereocenters. The van der Waals surface area contributed by atoms with Gasteiger partial charge in [-0.2, -0.15) is 0 Å². The number of ether oxygens (including phenoxy) is 2. The molecule has 0 saturated heterocycles. The highest BCUT2D eigenvalue weighted by Gasteiger charge is 2.09. The molecule has 0 amide bonds. The van der Waals surface area contributed by atoms with Crippen molar-refractivity contribution in [3.8, 4) is 5.75 Å². The molecule has 1 aromatic carbocycles. The zero-order valence-corrected chi connectivity index (χ0v) is 12.4. The van der Waals surface area contributed by atoms with Crippen LogP contribution in [0.1, 0.15) is 45.1 Å². The average molecular weight is 262 g/mol. The predicted octanol–water partition coefficient (Wildman–Crippen LogP) is 4.74. The normalized spacial score (nSPS) is 12.2. The zero-order valence-electron chi connectivity index (χ0n) is 12.4. The van der Waals surface area contributed by atoms with Gasteiger partial charge >= 0.3 is 0 Å². The van der Waals surface area contributed by atoms with E-state index in [4.69, 9.17) is 9.47 Å². The highest BCUT2D eigenvalue weighted by molar-refractivity contribution is 5.26. The lowest BCUT2D eigenvalue weighted by molar-refractivity contribution is 0.0575. The average Bonchev–Trinajstić information content (AvgIpc) is 2.43. The van der Waals surface area contributed by atoms with Crippen molar-refractivity contribution in [2.45, 2.75) is 52.2 Å². The molecule has 0 radical (unpaired) electrons. The lowest BCUT2D eigenvalue weighted by Gasteiger charge is -2.18. The van der Waals surface area contributed by atoms with Crippen molar-refractivity contribution in [2.75, 3.05) is 7.11 Å². The molecule has 0 aromatic heterocycles. The van der Waals surface area contributed by atoms with Gasteiger partial charge in [-0.15, -0.1) is 0 Å². The first kappa shape index (κ1) is 15.8. The standard InChI is InChI=1S/C17H26O2/c1-5-6-7-8-17(14(2)3)19-13-15-9-11-16(18-4)12-10-15/h9-12,17H,2,5-8,13H2,1,3-4H3. The second-order valence-corrected chi connectivity index (χ2v) is 4.99. The number of methoxy groups -OCH3 is 1. The third-order valence-corrected chi connectivity index (χ3v) is 3.23. The maximum absolute atomic E-state index is 5.97. The van der Waals surface area contributed by atoms with Gasteiger partial charge in [0.1, 0.15) is 5.75 Å². The molecule has 2 heteroatoms. The van der Waals surface area contributed by atoms with E-state index < -0.39 is 0 Å². The van der Waals surface area contributed by atoms with Crippen molar-refractivity contribution in [1.29, 1.82) is 0 Å². The minimum atomic E-state index is 0.175. The van der Waals surface area contributed by atoms with Crippen LogP contribution in [0, 0.1) is 0 Å². The van der Waals surface area contributed by atoms with Crippen LogP contribution >= 0.6 is 0 Å². The van der Waals surface area contributed by atoms with Crippen LogP contribution in [0.4, 0.5) is 0 Å². The first-order valence-electron chi connectivity index (χ1n) is 7.07. The predicted molar refractivity (Wildman–Crippen MR) is 80.5 cm³/mol. The number of hydrogen-bond donors (Lipinski definition) is 0. The number of unbranched alkanes of at least 4 members (excludes halogenated alkanes) is 2. The number of hydrogen-bond acceptors (Lipinski definition) is 2. The summed E-state index contributed by atoms with van der Waals surface area (Å²) >= 11 is 0. The molecule has 0 N–H and O–H groups in total. The molecule has 0 saturated carbocycles. The minimum absolute atomic E-state index is 0.175. The van der Waals surface area contributed by atoms with Gasteiger partial charge in [0.25, 0.3) is 0 Å². The third-order valence-electron chi connectivity index (χ3n) is 3.23. The van der Waals surface area contributed by atoms with Gasteiger partial charge in [-0.05, 0) is 31.0 Å². The van der Waals surface area contributed by atoms with Crippen LogP contribution in [0.2, 0.25) is 0 Å². The maximum Gasteiger partial charge on any atom is 0.118 e. The highest BCUT2D eigenvalue weighted by atomic mass is 16.5. The van der Waals surface area contributed by atoms with Crippen LogP contribution in [0.5, 0.6) is 5.75 Å². The van der Waals surface area contributed by atoms with Gasteiger partial charge in [-0.3, -0.25) is 0 Å². The summed E-state index contributed by atoms with van der Waals surface area (Å²) in [6.45, 7) is 8.92. The fourth-order valence-corrected chi connectivity index (χ4v) is 1.97. The van der Waals surface area contributed by atoms with E-state index in [1.54, 1.807) is 7.11 Å². The summed E-state index contributed by atoms with van der Waals surface area (Å²) in [6, 6.07) is 8.01. The van der Waals surface area contributed by atoms with Crippen molar-refractivity contribution in [3.05, 3.63) is 42.0 Å². The Morgan fingerprint density at radius 1 is 1.21 bits per heavy atom. The zero-order chi connectivity index (χ0) is 14.1. The fourth-order valence-electron chi connectivity index (χ4n) is 1.97. The van der Waals surface area contributed by atoms with E-state index in [-0.39, 0.29) is 6.10 Å². The van der Waals surface area contributed by atoms with Crippen LogP contribution < -0.4 is 4.74 Å². The van der Waals surface area contributed by atoms with Crippen molar-refractivity contribution < 1.29 is 9.47 Å². The fraction of sp³-hybridized carbons (Fsp3) is 0.529. The molecule has 0 spiro atoms. The van der Waals surface area contributed by atoms with Gasteiger partial charge in [0, 0.05) is 0 Å². The molecular formula is C17H26O2. The maximum atomic E-state index is 5.97. The van der Waals surface area contributed by atoms with Crippen LogP contribution in [-0.4, -0.2) is 13.2 Å². The van der Waals surface area contributed by atoms with Gasteiger partial charge in [0.15, 0.2) is 0 Å². The smallest absolute Gasteiger partial charge is 0.118 e. The van der Waals surface area contributed by atoms with Crippen LogP contribution in [0.25, 0.3) is 0 Å². The Kier molecular flexibility index (Phi) is 7.27. The molecule has 1 rings (SSSR count). The molecule has 2 nitrogen and oxygen atoms in total. The number of rotatable bonds is 9. The summed E-state index contributed by atoms with van der Waals surface area (Å²) in [5.41, 5.74) is 2.28. The molecule has 0 fully saturated rings. The van der Waals surface area contributed by atoms with Gasteiger partial charge in [-0.1, -0.05) is 50.5 Å². The van der Waals surface area contributed by atoms with E-state index >= 15 is 0 Å². The van der Waals surface area contributed by atoms with Gasteiger partial charge in [0.2, 0.25) is 0 Å². The quantitative estimate of drug-likeness (QED) is 0.473. The van der Waals surface area contributed by atoms with Gasteiger partial charge in [0.05, 0.1) is 19.8 Å². The van der Waals surface area contributed by atoms with E-state index in [2.05, 4.69) is 13.5 Å². The summed E-state index contributed by atoms with van der Waals surface area (Å²) in [4.78, 5) is 0. The van der Waals surface area contributed by atoms with Crippen LogP contribution in [0.15, 0.2) is 36.4 Å². The summed E-state index contributed by atoms with van der Waals surface area (Å²) in [7, 11) is 1.68. The first-order chi connectivity index (χ1) is 9.17. The van der Waals surface area contributed by atoms with E-state index in [0.29, 0.717) is 6.61 Å². The molecular weight excluding hydrogens is 236 g/mol. The van der Waals surface area contributed by atoms with Crippen molar-refractivity contribution in [3.63, 3.8) is 0 Å². The second-order valence-electron chi connectivity index (χ2n) is 4.99. The van der Waals surface area contributed by atoms with E-state index in [9.17, 15) is 0 Å². The molecule has 0 aliphatic carbocycles. The van der Waals surface area contributed by atoms with Crippen LogP contribution in [-0.2, 0) is 11.3 Å². The Balaban J connectivity index is 2.43. The summed E-state index contributed by atoms with van der Waals surface area (Å²) in [5.74, 6) is 0.878. The van der Waals surface area contributed by atoms with Crippen LogP contribution in [0.3, 0.4) is 0 Å². The molecule has 0 bridgehead atoms. The molecule has 0 aliphatic rings. The SMILES string of the molecule is C=C(C)C(CCCCC)OCc1ccc(OC)cc1. The van der Waals surface area contributed by atoms with E-state index in [1.165, 1.54) is 24.8 Å². The molecule has 19 heavy (non-hydrogen) atoms. The Hall–Kier alpha value is -1.28. The van der Waals surface area contributed by atoms with Gasteiger partial charge < -0.3 is 9.47 Å². The van der Waals surface area contributed by atoms with Crippen molar-refractivity contribution >= 4 is 0 Å². The van der Waals surface area contributed by atoms with Gasteiger partial charge in [-0.25, -0.2) is 0 Å². The topological polar surface area (TPSA) is 18.5 Å². The van der Waals surface area contributed by atoms with Crippen molar-refractivity contribution in [1.82, 2.24) is 0 Å². The molecule has 106 valence electrons. The minimum Gasteiger partial charge on any atom is -0.497 e. The molecule has 1 aromatic rings. The summed E-state index contributed by atoms with van der Waals surface area (Å²) in [5, 5.41) is 0. The molecule has 0 heterocycles.